The lowest BCUT2D eigenvalue weighted by Gasteiger charge is -2.39. The number of rotatable bonds is 5. The smallest absolute Gasteiger partial charge is 0.251 e. The molecule has 0 saturated carbocycles. The predicted octanol–water partition coefficient (Wildman–Crippen LogP) is 3.62. The van der Waals surface area contributed by atoms with E-state index in [1.165, 1.54) is 18.4 Å². The number of hydrogen-bond acceptors (Lipinski definition) is 3. The molecule has 4 heteroatoms. The van der Waals surface area contributed by atoms with Gasteiger partial charge in [-0.3, -0.25) is 9.69 Å². The molecule has 26 heavy (non-hydrogen) atoms. The second-order valence-corrected chi connectivity index (χ2v) is 7.42. The van der Waals surface area contributed by atoms with E-state index in [-0.39, 0.29) is 11.9 Å². The fourth-order valence-electron chi connectivity index (χ4n) is 4.48. The summed E-state index contributed by atoms with van der Waals surface area (Å²) in [5, 5.41) is 3.25. The highest BCUT2D eigenvalue weighted by atomic mass is 16.5. The average Bonchev–Trinajstić information content (AvgIpc) is 2.90. The highest BCUT2D eigenvalue weighted by Crippen LogP contribution is 2.37. The number of nitrogens with zero attached hydrogens (tertiary/aromatic N) is 1. The average molecular weight is 350 g/mol. The molecule has 4 rings (SSSR count). The summed E-state index contributed by atoms with van der Waals surface area (Å²) in [6.45, 7) is 1.02. The standard InChI is InChI=1S/C22H26N2O2/c1-26-21-9-5-8-17(12-21)22(25)23-18-13-19-10-11-20(14-18)24(19)15-16-6-3-2-4-7-16/h2-9,12,18-20H,10-11,13-15H2,1H3,(H,23,25)/t18?,19-,20+. The minimum atomic E-state index is 0.00445. The maximum Gasteiger partial charge on any atom is 0.251 e. The molecule has 2 fully saturated rings. The van der Waals surface area contributed by atoms with Crippen molar-refractivity contribution >= 4 is 5.91 Å². The van der Waals surface area contributed by atoms with E-state index < -0.39 is 0 Å². The Labute approximate surface area is 155 Å². The largest absolute Gasteiger partial charge is 0.497 e. The molecule has 4 nitrogen and oxygen atoms in total. The number of carbonyl (C=O) groups excluding carboxylic acids is 1. The number of methoxy groups -OCH3 is 1. The zero-order valence-corrected chi connectivity index (χ0v) is 15.2. The molecule has 2 aromatic rings. The first-order chi connectivity index (χ1) is 12.7. The Hall–Kier alpha value is -2.33. The molecule has 3 atom stereocenters. The maximum absolute atomic E-state index is 12.6. The second kappa shape index (κ2) is 7.50. The molecule has 2 aromatic carbocycles. The van der Waals surface area contributed by atoms with Crippen LogP contribution < -0.4 is 10.1 Å². The van der Waals surface area contributed by atoms with E-state index >= 15 is 0 Å². The van der Waals surface area contributed by atoms with Gasteiger partial charge in [0, 0.05) is 30.2 Å². The van der Waals surface area contributed by atoms with Gasteiger partial charge in [0.25, 0.3) is 5.91 Å². The Kier molecular flexibility index (Phi) is 4.93. The number of hydrogen-bond donors (Lipinski definition) is 1. The molecule has 136 valence electrons. The Morgan fingerprint density at radius 2 is 1.81 bits per heavy atom. The molecule has 2 saturated heterocycles. The van der Waals surface area contributed by atoms with Crippen LogP contribution in [-0.2, 0) is 6.54 Å². The van der Waals surface area contributed by atoms with Gasteiger partial charge in [0.05, 0.1) is 7.11 Å². The molecule has 2 aliphatic rings. The lowest BCUT2D eigenvalue weighted by molar-refractivity contribution is 0.0827. The van der Waals surface area contributed by atoms with Crippen LogP contribution in [-0.4, -0.2) is 36.0 Å². The van der Waals surface area contributed by atoms with Gasteiger partial charge >= 0.3 is 0 Å². The molecule has 0 spiro atoms. The summed E-state index contributed by atoms with van der Waals surface area (Å²) < 4.78 is 5.22. The van der Waals surface area contributed by atoms with Crippen molar-refractivity contribution in [2.24, 2.45) is 0 Å². The Morgan fingerprint density at radius 3 is 2.50 bits per heavy atom. The van der Waals surface area contributed by atoms with Crippen molar-refractivity contribution in [3.8, 4) is 5.75 Å². The first-order valence-electron chi connectivity index (χ1n) is 9.47. The van der Waals surface area contributed by atoms with Gasteiger partial charge in [0.1, 0.15) is 5.75 Å². The van der Waals surface area contributed by atoms with E-state index in [2.05, 4.69) is 40.5 Å². The fourth-order valence-corrected chi connectivity index (χ4v) is 4.48. The summed E-state index contributed by atoms with van der Waals surface area (Å²) in [7, 11) is 1.62. The van der Waals surface area contributed by atoms with Crippen LogP contribution in [0.25, 0.3) is 0 Å². The SMILES string of the molecule is COc1cccc(C(=O)NC2C[C@H]3CC[C@@H](C2)N3Cc2ccccc2)c1. The van der Waals surface area contributed by atoms with Crippen molar-refractivity contribution in [1.29, 1.82) is 0 Å². The summed E-state index contributed by atoms with van der Waals surface area (Å²) in [5.41, 5.74) is 2.05. The number of amides is 1. The summed E-state index contributed by atoms with van der Waals surface area (Å²) in [6, 6.07) is 19.5. The van der Waals surface area contributed by atoms with E-state index in [0.717, 1.165) is 25.1 Å². The van der Waals surface area contributed by atoms with E-state index in [9.17, 15) is 4.79 Å². The van der Waals surface area contributed by atoms with Gasteiger partial charge in [-0.25, -0.2) is 0 Å². The Bertz CT molecular complexity index is 748. The molecule has 2 bridgehead atoms. The maximum atomic E-state index is 12.6. The minimum absolute atomic E-state index is 0.00445. The Balaban J connectivity index is 1.38. The van der Waals surface area contributed by atoms with Crippen LogP contribution in [0.1, 0.15) is 41.6 Å². The van der Waals surface area contributed by atoms with Crippen LogP contribution in [0.3, 0.4) is 0 Å². The van der Waals surface area contributed by atoms with Crippen LogP contribution in [0.4, 0.5) is 0 Å². The van der Waals surface area contributed by atoms with Crippen molar-refractivity contribution in [3.63, 3.8) is 0 Å². The monoisotopic (exact) mass is 350 g/mol. The van der Waals surface area contributed by atoms with Gasteiger partial charge in [-0.05, 0) is 49.4 Å². The van der Waals surface area contributed by atoms with Gasteiger partial charge < -0.3 is 10.1 Å². The van der Waals surface area contributed by atoms with Crippen molar-refractivity contribution in [3.05, 3.63) is 65.7 Å². The fraction of sp³-hybridized carbons (Fsp3) is 0.409. The van der Waals surface area contributed by atoms with Gasteiger partial charge in [0.2, 0.25) is 0 Å². The van der Waals surface area contributed by atoms with E-state index in [4.69, 9.17) is 4.74 Å². The van der Waals surface area contributed by atoms with Crippen LogP contribution in [0, 0.1) is 0 Å². The van der Waals surface area contributed by atoms with Crippen molar-refractivity contribution < 1.29 is 9.53 Å². The quantitative estimate of drug-likeness (QED) is 0.895. The second-order valence-electron chi connectivity index (χ2n) is 7.42. The molecule has 0 aliphatic carbocycles. The van der Waals surface area contributed by atoms with E-state index in [1.54, 1.807) is 13.2 Å². The number of fused-ring (bicyclic) bond motifs is 2. The number of benzene rings is 2. The highest BCUT2D eigenvalue weighted by Gasteiger charge is 2.40. The summed E-state index contributed by atoms with van der Waals surface area (Å²) >= 11 is 0. The topological polar surface area (TPSA) is 41.6 Å². The summed E-state index contributed by atoms with van der Waals surface area (Å²) in [4.78, 5) is 15.2. The normalized spacial score (nSPS) is 25.0. The van der Waals surface area contributed by atoms with E-state index in [1.807, 2.05) is 18.2 Å². The van der Waals surface area contributed by atoms with Crippen LogP contribution >= 0.6 is 0 Å². The van der Waals surface area contributed by atoms with Crippen molar-refractivity contribution in [2.75, 3.05) is 7.11 Å². The van der Waals surface area contributed by atoms with Gasteiger partial charge in [-0.1, -0.05) is 36.4 Å². The number of nitrogens with one attached hydrogen (secondary N) is 1. The zero-order valence-electron chi connectivity index (χ0n) is 15.2. The summed E-state index contributed by atoms with van der Waals surface area (Å²) in [6.07, 6.45) is 4.56. The molecule has 2 heterocycles. The molecule has 0 radical (unpaired) electrons. The molecule has 2 aliphatic heterocycles. The predicted molar refractivity (Wildman–Crippen MR) is 102 cm³/mol. The van der Waals surface area contributed by atoms with Gasteiger partial charge in [-0.15, -0.1) is 0 Å². The van der Waals surface area contributed by atoms with Gasteiger partial charge in [0.15, 0.2) is 0 Å². The van der Waals surface area contributed by atoms with Crippen LogP contribution in [0.15, 0.2) is 54.6 Å². The molecule has 1 unspecified atom stereocenters. The molecule has 1 N–H and O–H groups in total. The number of piperidine rings is 1. The highest BCUT2D eigenvalue weighted by molar-refractivity contribution is 5.94. The molecule has 0 aromatic heterocycles. The molecular formula is C22H26N2O2. The lowest BCUT2D eigenvalue weighted by Crippen LogP contribution is -2.49. The van der Waals surface area contributed by atoms with Crippen LogP contribution in [0.2, 0.25) is 0 Å². The van der Waals surface area contributed by atoms with Crippen LogP contribution in [0.5, 0.6) is 5.75 Å². The lowest BCUT2D eigenvalue weighted by atomic mass is 9.96. The van der Waals surface area contributed by atoms with Gasteiger partial charge in [-0.2, -0.15) is 0 Å². The Morgan fingerprint density at radius 1 is 1.08 bits per heavy atom. The van der Waals surface area contributed by atoms with Crippen molar-refractivity contribution in [1.82, 2.24) is 10.2 Å². The minimum Gasteiger partial charge on any atom is -0.497 e. The van der Waals surface area contributed by atoms with E-state index in [0.29, 0.717) is 17.6 Å². The number of ether oxygens (including phenoxy) is 1. The zero-order chi connectivity index (χ0) is 17.9. The number of carbonyl (C=O) groups is 1. The first kappa shape index (κ1) is 17.1. The summed E-state index contributed by atoms with van der Waals surface area (Å²) in [5.74, 6) is 0.722. The third kappa shape index (κ3) is 3.61. The van der Waals surface area contributed by atoms with Crippen molar-refractivity contribution in [2.45, 2.75) is 50.4 Å². The third-order valence-electron chi connectivity index (χ3n) is 5.76. The molecular weight excluding hydrogens is 324 g/mol. The molecule has 1 amide bonds. The third-order valence-corrected chi connectivity index (χ3v) is 5.76. The first-order valence-corrected chi connectivity index (χ1v) is 9.47.